The molecule has 114 valence electrons. The molecule has 22 heavy (non-hydrogen) atoms. The molecule has 0 amide bonds. The molecule has 0 spiro atoms. The quantitative estimate of drug-likeness (QED) is 0.786. The van der Waals surface area contributed by atoms with Gasteiger partial charge in [0.1, 0.15) is 0 Å². The van der Waals surface area contributed by atoms with E-state index >= 15 is 0 Å². The smallest absolute Gasteiger partial charge is 0.0542 e. The lowest BCUT2D eigenvalue weighted by Crippen LogP contribution is -2.44. The Bertz CT molecular complexity index is 630. The first-order chi connectivity index (χ1) is 10.7. The van der Waals surface area contributed by atoms with Crippen molar-refractivity contribution in [1.82, 2.24) is 5.01 Å². The normalized spacial score (nSPS) is 15.5. The van der Waals surface area contributed by atoms with Crippen molar-refractivity contribution in [2.24, 2.45) is 5.10 Å². The molecule has 1 heterocycles. The number of anilines is 1. The molecule has 0 aromatic heterocycles. The molecule has 1 aliphatic rings. The Kier molecular flexibility index (Phi) is 4.86. The predicted molar refractivity (Wildman–Crippen MR) is 94.3 cm³/mol. The topological polar surface area (TPSA) is 18.8 Å². The summed E-state index contributed by atoms with van der Waals surface area (Å²) in [5.41, 5.74) is 2.27. The zero-order chi connectivity index (χ0) is 15.4. The molecule has 0 N–H and O–H groups in total. The summed E-state index contributed by atoms with van der Waals surface area (Å²) in [6, 6.07) is 15.7. The molecule has 0 bridgehead atoms. The molecule has 0 saturated carbocycles. The Balaban J connectivity index is 1.55. The van der Waals surface area contributed by atoms with Gasteiger partial charge in [0.2, 0.25) is 0 Å². The van der Waals surface area contributed by atoms with Gasteiger partial charge in [-0.1, -0.05) is 35.3 Å². The first kappa shape index (κ1) is 15.2. The van der Waals surface area contributed by atoms with Crippen LogP contribution in [0.4, 0.5) is 5.69 Å². The third-order valence-corrected chi connectivity index (χ3v) is 4.19. The lowest BCUT2D eigenvalue weighted by molar-refractivity contribution is 0.272. The number of hydrogen-bond donors (Lipinski definition) is 0. The highest BCUT2D eigenvalue weighted by Gasteiger charge is 2.15. The maximum atomic E-state index is 5.93. The lowest BCUT2D eigenvalue weighted by atomic mass is 10.2. The Morgan fingerprint density at radius 1 is 0.773 bits per heavy atom. The maximum Gasteiger partial charge on any atom is 0.0542 e. The molecular formula is C17H17Cl2N3. The minimum Gasteiger partial charge on any atom is -0.368 e. The zero-order valence-corrected chi connectivity index (χ0v) is 13.6. The Hall–Kier alpha value is -1.71. The predicted octanol–water partition coefficient (Wildman–Crippen LogP) is 4.15. The van der Waals surface area contributed by atoms with Crippen LogP contribution in [0.2, 0.25) is 10.0 Å². The van der Waals surface area contributed by atoms with Gasteiger partial charge in [0, 0.05) is 28.8 Å². The highest BCUT2D eigenvalue weighted by molar-refractivity contribution is 6.30. The first-order valence-corrected chi connectivity index (χ1v) is 8.01. The average molecular weight is 334 g/mol. The van der Waals surface area contributed by atoms with Crippen LogP contribution in [-0.2, 0) is 0 Å². The van der Waals surface area contributed by atoms with Gasteiger partial charge in [-0.25, -0.2) is 0 Å². The van der Waals surface area contributed by atoms with E-state index in [0.717, 1.165) is 41.8 Å². The van der Waals surface area contributed by atoms with Crippen LogP contribution in [0.25, 0.3) is 0 Å². The molecule has 0 atom stereocenters. The van der Waals surface area contributed by atoms with E-state index < -0.39 is 0 Å². The second-order valence-electron chi connectivity index (χ2n) is 5.21. The molecule has 1 saturated heterocycles. The monoisotopic (exact) mass is 333 g/mol. The molecule has 0 unspecified atom stereocenters. The number of nitrogens with zero attached hydrogens (tertiary/aromatic N) is 3. The molecule has 3 nitrogen and oxygen atoms in total. The molecule has 3 rings (SSSR count). The van der Waals surface area contributed by atoms with Gasteiger partial charge in [-0.15, -0.1) is 0 Å². The number of piperazine rings is 1. The summed E-state index contributed by atoms with van der Waals surface area (Å²) in [7, 11) is 0. The van der Waals surface area contributed by atoms with E-state index in [-0.39, 0.29) is 0 Å². The molecule has 0 aliphatic carbocycles. The van der Waals surface area contributed by atoms with Crippen molar-refractivity contribution in [1.29, 1.82) is 0 Å². The van der Waals surface area contributed by atoms with Crippen molar-refractivity contribution in [2.75, 3.05) is 31.1 Å². The second-order valence-corrected chi connectivity index (χ2v) is 6.09. The van der Waals surface area contributed by atoms with Gasteiger partial charge >= 0.3 is 0 Å². The molecule has 1 fully saturated rings. The van der Waals surface area contributed by atoms with E-state index in [1.165, 1.54) is 5.69 Å². The highest BCUT2D eigenvalue weighted by Crippen LogP contribution is 2.19. The standard InChI is InChI=1S/C17H17Cl2N3/c18-15-3-1-14(2-4-15)13-20-22-11-9-21(10-12-22)17-7-5-16(19)6-8-17/h1-8,13H,9-12H2/b20-13+. The van der Waals surface area contributed by atoms with Gasteiger partial charge in [-0.05, 0) is 42.0 Å². The lowest BCUT2D eigenvalue weighted by Gasteiger charge is -2.34. The number of benzene rings is 2. The molecule has 2 aromatic rings. The zero-order valence-electron chi connectivity index (χ0n) is 12.1. The van der Waals surface area contributed by atoms with Gasteiger partial charge in [0.15, 0.2) is 0 Å². The number of hydrazone groups is 1. The van der Waals surface area contributed by atoms with Crippen LogP contribution in [0.1, 0.15) is 5.56 Å². The number of hydrogen-bond acceptors (Lipinski definition) is 3. The van der Waals surface area contributed by atoms with Crippen molar-refractivity contribution in [2.45, 2.75) is 0 Å². The summed E-state index contributed by atoms with van der Waals surface area (Å²) < 4.78 is 0. The summed E-state index contributed by atoms with van der Waals surface area (Å²) >= 11 is 11.8. The molecule has 1 aliphatic heterocycles. The van der Waals surface area contributed by atoms with Crippen LogP contribution in [-0.4, -0.2) is 37.4 Å². The van der Waals surface area contributed by atoms with E-state index in [1.807, 2.05) is 42.6 Å². The fourth-order valence-electron chi connectivity index (χ4n) is 2.42. The van der Waals surface area contributed by atoms with Gasteiger partial charge in [-0.2, -0.15) is 5.10 Å². The van der Waals surface area contributed by atoms with Crippen molar-refractivity contribution < 1.29 is 0 Å². The summed E-state index contributed by atoms with van der Waals surface area (Å²) in [6.07, 6.45) is 1.88. The summed E-state index contributed by atoms with van der Waals surface area (Å²) in [4.78, 5) is 2.35. The minimum absolute atomic E-state index is 0.744. The van der Waals surface area contributed by atoms with E-state index in [0.29, 0.717) is 0 Å². The maximum absolute atomic E-state index is 5.93. The van der Waals surface area contributed by atoms with Gasteiger partial charge in [-0.3, -0.25) is 5.01 Å². The summed E-state index contributed by atoms with van der Waals surface area (Å²) in [5.74, 6) is 0. The second kappa shape index (κ2) is 7.03. The Morgan fingerprint density at radius 2 is 1.32 bits per heavy atom. The van der Waals surface area contributed by atoms with Crippen molar-refractivity contribution in [3.05, 3.63) is 64.1 Å². The van der Waals surface area contributed by atoms with Crippen LogP contribution in [0.3, 0.4) is 0 Å². The minimum atomic E-state index is 0.744. The fraction of sp³-hybridized carbons (Fsp3) is 0.235. The Morgan fingerprint density at radius 3 is 1.91 bits per heavy atom. The van der Waals surface area contributed by atoms with E-state index in [1.54, 1.807) is 0 Å². The molecule has 5 heteroatoms. The molecular weight excluding hydrogens is 317 g/mol. The van der Waals surface area contributed by atoms with Crippen molar-refractivity contribution in [3.63, 3.8) is 0 Å². The van der Waals surface area contributed by atoms with Gasteiger partial charge in [0.05, 0.1) is 19.3 Å². The van der Waals surface area contributed by atoms with Crippen molar-refractivity contribution >= 4 is 35.1 Å². The van der Waals surface area contributed by atoms with Gasteiger partial charge in [0.25, 0.3) is 0 Å². The third-order valence-electron chi connectivity index (χ3n) is 3.69. The first-order valence-electron chi connectivity index (χ1n) is 7.26. The van der Waals surface area contributed by atoms with E-state index in [2.05, 4.69) is 27.1 Å². The Labute approximate surface area is 140 Å². The SMILES string of the molecule is Clc1ccc(/C=N/N2CCN(c3ccc(Cl)cc3)CC2)cc1. The van der Waals surface area contributed by atoms with E-state index in [9.17, 15) is 0 Å². The summed E-state index contributed by atoms with van der Waals surface area (Å²) in [5, 5.41) is 8.16. The van der Waals surface area contributed by atoms with Crippen molar-refractivity contribution in [3.8, 4) is 0 Å². The fourth-order valence-corrected chi connectivity index (χ4v) is 2.67. The highest BCUT2D eigenvalue weighted by atomic mass is 35.5. The van der Waals surface area contributed by atoms with Crippen LogP contribution in [0.5, 0.6) is 0 Å². The van der Waals surface area contributed by atoms with Crippen LogP contribution in [0, 0.1) is 0 Å². The van der Waals surface area contributed by atoms with Crippen LogP contribution >= 0.6 is 23.2 Å². The summed E-state index contributed by atoms with van der Waals surface area (Å²) in [6.45, 7) is 3.73. The molecule has 2 aromatic carbocycles. The number of rotatable bonds is 3. The van der Waals surface area contributed by atoms with Crippen LogP contribution < -0.4 is 4.90 Å². The molecule has 0 radical (unpaired) electrons. The third kappa shape index (κ3) is 3.93. The van der Waals surface area contributed by atoms with E-state index in [4.69, 9.17) is 23.2 Å². The van der Waals surface area contributed by atoms with Gasteiger partial charge < -0.3 is 4.90 Å². The number of halogens is 2. The largest absolute Gasteiger partial charge is 0.368 e. The average Bonchev–Trinajstić information content (AvgIpc) is 2.56. The van der Waals surface area contributed by atoms with Crippen LogP contribution in [0.15, 0.2) is 53.6 Å².